The number of amides is 1. The van der Waals surface area contributed by atoms with Crippen LogP contribution < -0.4 is 14.2 Å². The number of thioether (sulfide) groups is 1. The minimum absolute atomic E-state index is 0.0648. The lowest BCUT2D eigenvalue weighted by Crippen LogP contribution is -2.29. The zero-order valence-electron chi connectivity index (χ0n) is 14.9. The summed E-state index contributed by atoms with van der Waals surface area (Å²) in [5, 5.41) is 5.98. The van der Waals surface area contributed by atoms with Crippen molar-refractivity contribution in [3.63, 3.8) is 0 Å². The van der Waals surface area contributed by atoms with Crippen molar-refractivity contribution in [3.8, 4) is 17.2 Å². The quantitative estimate of drug-likeness (QED) is 0.772. The number of rotatable bonds is 6. The molecule has 0 aliphatic carbocycles. The highest BCUT2D eigenvalue weighted by molar-refractivity contribution is 8.14. The van der Waals surface area contributed by atoms with Crippen LogP contribution in [-0.2, 0) is 6.54 Å². The monoisotopic (exact) mass is 372 g/mol. The van der Waals surface area contributed by atoms with E-state index in [0.717, 1.165) is 22.6 Å². The summed E-state index contributed by atoms with van der Waals surface area (Å²) < 4.78 is 15.8. The maximum absolute atomic E-state index is 12.2. The molecule has 0 aromatic heterocycles. The van der Waals surface area contributed by atoms with Crippen molar-refractivity contribution in [3.05, 3.63) is 53.6 Å². The van der Waals surface area contributed by atoms with Crippen molar-refractivity contribution in [1.29, 1.82) is 0 Å². The Kier molecular flexibility index (Phi) is 5.68. The van der Waals surface area contributed by atoms with E-state index in [2.05, 4.69) is 5.10 Å². The van der Waals surface area contributed by atoms with Crippen LogP contribution in [0.15, 0.2) is 47.6 Å². The van der Waals surface area contributed by atoms with Gasteiger partial charge in [0.05, 0.1) is 33.6 Å². The molecule has 2 aromatic rings. The van der Waals surface area contributed by atoms with Gasteiger partial charge in [0, 0.05) is 11.3 Å². The average molecular weight is 372 g/mol. The van der Waals surface area contributed by atoms with E-state index < -0.39 is 0 Å². The third kappa shape index (κ3) is 3.94. The molecule has 2 aromatic carbocycles. The van der Waals surface area contributed by atoms with Gasteiger partial charge >= 0.3 is 5.24 Å². The summed E-state index contributed by atoms with van der Waals surface area (Å²) in [6, 6.07) is 13.2. The van der Waals surface area contributed by atoms with Gasteiger partial charge in [0.25, 0.3) is 0 Å². The highest BCUT2D eigenvalue weighted by atomic mass is 32.2. The molecule has 0 radical (unpaired) electrons. The molecule has 0 bridgehead atoms. The van der Waals surface area contributed by atoms with Gasteiger partial charge in [0.1, 0.15) is 5.75 Å². The molecule has 0 saturated heterocycles. The largest absolute Gasteiger partial charge is 0.497 e. The van der Waals surface area contributed by atoms with E-state index in [-0.39, 0.29) is 5.24 Å². The van der Waals surface area contributed by atoms with Gasteiger partial charge in [0.2, 0.25) is 0 Å². The number of benzene rings is 2. The van der Waals surface area contributed by atoms with E-state index in [4.69, 9.17) is 14.2 Å². The Hall–Kier alpha value is -2.67. The maximum atomic E-state index is 12.2. The highest BCUT2D eigenvalue weighted by Crippen LogP contribution is 2.30. The first kappa shape index (κ1) is 18.1. The van der Waals surface area contributed by atoms with Crippen LogP contribution in [0.1, 0.15) is 11.1 Å². The van der Waals surface area contributed by atoms with Gasteiger partial charge in [-0.15, -0.1) is 0 Å². The highest BCUT2D eigenvalue weighted by Gasteiger charge is 2.23. The van der Waals surface area contributed by atoms with Crippen LogP contribution in [0.3, 0.4) is 0 Å². The van der Waals surface area contributed by atoms with Crippen molar-refractivity contribution < 1.29 is 19.0 Å². The van der Waals surface area contributed by atoms with E-state index in [0.29, 0.717) is 23.8 Å². The number of carbonyl (C=O) groups is 1. The molecule has 26 heavy (non-hydrogen) atoms. The lowest BCUT2D eigenvalue weighted by atomic mass is 10.1. The lowest BCUT2D eigenvalue weighted by molar-refractivity contribution is 0.222. The Labute approximate surface area is 156 Å². The van der Waals surface area contributed by atoms with Crippen LogP contribution >= 0.6 is 11.8 Å². The molecule has 0 saturated carbocycles. The standard InChI is InChI=1S/C19H20N2O4S/c1-23-15-7-4-13(5-8-15)11-21-19(22)26-12-16(20-21)14-6-9-17(24-2)18(10-14)25-3/h4-10H,11-12H2,1-3H3. The summed E-state index contributed by atoms with van der Waals surface area (Å²) in [6.07, 6.45) is 0. The zero-order valence-corrected chi connectivity index (χ0v) is 15.7. The number of hydrogen-bond acceptors (Lipinski definition) is 6. The van der Waals surface area contributed by atoms with Crippen LogP contribution in [0, 0.1) is 0 Å². The van der Waals surface area contributed by atoms with Gasteiger partial charge in [-0.1, -0.05) is 23.9 Å². The molecule has 0 N–H and O–H groups in total. The second-order valence-electron chi connectivity index (χ2n) is 5.58. The van der Waals surface area contributed by atoms with Crippen LogP contribution in [0.5, 0.6) is 17.2 Å². The Bertz CT molecular complexity index is 821. The maximum Gasteiger partial charge on any atom is 0.302 e. The number of hydrogen-bond donors (Lipinski definition) is 0. The molecule has 7 heteroatoms. The molecule has 1 aliphatic heterocycles. The fourth-order valence-corrected chi connectivity index (χ4v) is 3.32. The zero-order chi connectivity index (χ0) is 18.5. The second kappa shape index (κ2) is 8.14. The summed E-state index contributed by atoms with van der Waals surface area (Å²) in [5.74, 6) is 2.60. The SMILES string of the molecule is COc1ccc(CN2N=C(c3ccc(OC)c(OC)c3)CSC2=O)cc1. The Morgan fingerprint density at radius 3 is 2.38 bits per heavy atom. The third-order valence-electron chi connectivity index (χ3n) is 3.99. The molecule has 1 heterocycles. The Morgan fingerprint density at radius 1 is 1.00 bits per heavy atom. The fraction of sp³-hybridized carbons (Fsp3) is 0.263. The fourth-order valence-electron chi connectivity index (χ4n) is 2.58. The summed E-state index contributed by atoms with van der Waals surface area (Å²) >= 11 is 1.24. The first-order valence-corrected chi connectivity index (χ1v) is 9.00. The van der Waals surface area contributed by atoms with Crippen molar-refractivity contribution in [1.82, 2.24) is 5.01 Å². The Morgan fingerprint density at radius 2 is 1.73 bits per heavy atom. The minimum atomic E-state index is -0.0648. The smallest absolute Gasteiger partial charge is 0.302 e. The summed E-state index contributed by atoms with van der Waals surface area (Å²) in [6.45, 7) is 0.409. The number of hydrazone groups is 1. The number of methoxy groups -OCH3 is 3. The average Bonchev–Trinajstić information content (AvgIpc) is 2.69. The van der Waals surface area contributed by atoms with Crippen molar-refractivity contribution >= 4 is 22.7 Å². The molecule has 136 valence electrons. The van der Waals surface area contributed by atoms with Crippen LogP contribution in [0.4, 0.5) is 4.79 Å². The molecule has 0 unspecified atom stereocenters. The van der Waals surface area contributed by atoms with Crippen molar-refractivity contribution in [2.75, 3.05) is 27.1 Å². The molecule has 6 nitrogen and oxygen atoms in total. The van der Waals surface area contributed by atoms with Crippen molar-refractivity contribution in [2.24, 2.45) is 5.10 Å². The molecule has 3 rings (SSSR count). The predicted molar refractivity (Wildman–Crippen MR) is 102 cm³/mol. The minimum Gasteiger partial charge on any atom is -0.497 e. The van der Waals surface area contributed by atoms with Crippen LogP contribution in [0.2, 0.25) is 0 Å². The third-order valence-corrected chi connectivity index (χ3v) is 4.87. The van der Waals surface area contributed by atoms with Gasteiger partial charge < -0.3 is 14.2 Å². The lowest BCUT2D eigenvalue weighted by Gasteiger charge is -2.23. The molecule has 1 amide bonds. The van der Waals surface area contributed by atoms with Gasteiger partial charge in [-0.05, 0) is 35.9 Å². The summed E-state index contributed by atoms with van der Waals surface area (Å²) in [5.41, 5.74) is 2.71. The normalized spacial score (nSPS) is 14.0. The Balaban J connectivity index is 1.84. The van der Waals surface area contributed by atoms with Crippen LogP contribution in [-0.4, -0.2) is 43.0 Å². The van der Waals surface area contributed by atoms with Gasteiger partial charge in [-0.2, -0.15) is 5.10 Å². The first-order valence-electron chi connectivity index (χ1n) is 8.01. The van der Waals surface area contributed by atoms with Gasteiger partial charge in [-0.3, -0.25) is 4.79 Å². The topological polar surface area (TPSA) is 60.4 Å². The van der Waals surface area contributed by atoms with E-state index >= 15 is 0 Å². The molecular formula is C19H20N2O4S. The van der Waals surface area contributed by atoms with E-state index in [1.165, 1.54) is 16.8 Å². The number of carbonyl (C=O) groups excluding carboxylic acids is 1. The summed E-state index contributed by atoms with van der Waals surface area (Å²) in [4.78, 5) is 12.2. The number of nitrogens with zero attached hydrogens (tertiary/aromatic N) is 2. The van der Waals surface area contributed by atoms with Crippen molar-refractivity contribution in [2.45, 2.75) is 6.54 Å². The van der Waals surface area contributed by atoms with E-state index in [9.17, 15) is 4.79 Å². The van der Waals surface area contributed by atoms with E-state index in [1.807, 2.05) is 42.5 Å². The predicted octanol–water partition coefficient (Wildman–Crippen LogP) is 3.79. The van der Waals surface area contributed by atoms with Crippen LogP contribution in [0.25, 0.3) is 0 Å². The summed E-state index contributed by atoms with van der Waals surface area (Å²) in [7, 11) is 4.82. The number of ether oxygens (including phenoxy) is 3. The van der Waals surface area contributed by atoms with E-state index in [1.54, 1.807) is 21.3 Å². The molecular weight excluding hydrogens is 352 g/mol. The molecule has 0 fully saturated rings. The van der Waals surface area contributed by atoms with Gasteiger partial charge in [0.15, 0.2) is 11.5 Å². The first-order chi connectivity index (χ1) is 12.6. The van der Waals surface area contributed by atoms with Gasteiger partial charge in [-0.25, -0.2) is 5.01 Å². The second-order valence-corrected chi connectivity index (χ2v) is 6.50. The molecule has 1 aliphatic rings. The molecule has 0 spiro atoms. The molecule has 0 atom stereocenters.